The Morgan fingerprint density at radius 1 is 1.31 bits per heavy atom. The van der Waals surface area contributed by atoms with E-state index in [9.17, 15) is 4.79 Å². The third kappa shape index (κ3) is 6.12. The van der Waals surface area contributed by atoms with Crippen LogP contribution in [-0.4, -0.2) is 64.5 Å². The lowest BCUT2D eigenvalue weighted by Crippen LogP contribution is -2.49. The Morgan fingerprint density at radius 2 is 2.00 bits per heavy atom. The molecular formula is C20H28ClN5O2S. The van der Waals surface area contributed by atoms with E-state index in [1.54, 1.807) is 16.7 Å². The first-order valence-corrected chi connectivity index (χ1v) is 10.7. The number of morpholine rings is 1. The predicted octanol–water partition coefficient (Wildman–Crippen LogP) is 3.12. The molecule has 0 radical (unpaired) electrons. The number of aromatic amines is 1. The molecule has 2 N–H and O–H groups in total. The fraction of sp³-hybridized carbons (Fsp3) is 0.550. The van der Waals surface area contributed by atoms with Crippen molar-refractivity contribution in [2.24, 2.45) is 5.92 Å². The number of hydrogen-bond donors (Lipinski definition) is 2. The highest BCUT2D eigenvalue weighted by molar-refractivity contribution is 7.71. The number of carbonyl (C=O) groups is 1. The molecule has 1 atom stereocenters. The maximum atomic E-state index is 12.7. The van der Waals surface area contributed by atoms with Crippen molar-refractivity contribution >= 4 is 29.7 Å². The van der Waals surface area contributed by atoms with Crippen molar-refractivity contribution in [3.8, 4) is 11.4 Å². The Balaban J connectivity index is 1.65. The Hall–Kier alpha value is -1.74. The molecular weight excluding hydrogens is 410 g/mol. The van der Waals surface area contributed by atoms with Crippen LogP contribution >= 0.6 is 23.8 Å². The molecule has 29 heavy (non-hydrogen) atoms. The third-order valence-electron chi connectivity index (χ3n) is 5.00. The zero-order valence-corrected chi connectivity index (χ0v) is 18.4. The van der Waals surface area contributed by atoms with Crippen LogP contribution in [0.4, 0.5) is 0 Å². The van der Waals surface area contributed by atoms with Gasteiger partial charge in [0.25, 0.3) is 0 Å². The second-order valence-electron chi connectivity index (χ2n) is 7.68. The van der Waals surface area contributed by atoms with E-state index in [0.29, 0.717) is 34.1 Å². The standard InChI is InChI=1S/C20H28ClN5O2S/c1-14(2)11-17(25-7-9-28-10-8-25)12-22-18(27)13-26-19(23-24-20(26)29)15-3-5-16(21)6-4-15/h3-6,14,17H,7-13H2,1-2H3,(H,22,27)(H,24,29). The molecule has 7 nitrogen and oxygen atoms in total. The van der Waals surface area contributed by atoms with E-state index in [0.717, 1.165) is 38.3 Å². The van der Waals surface area contributed by atoms with Gasteiger partial charge in [-0.15, -0.1) is 0 Å². The molecule has 1 unspecified atom stereocenters. The van der Waals surface area contributed by atoms with Crippen molar-refractivity contribution in [1.29, 1.82) is 0 Å². The minimum atomic E-state index is -0.0836. The van der Waals surface area contributed by atoms with Gasteiger partial charge in [-0.05, 0) is 48.8 Å². The number of nitrogens with one attached hydrogen (secondary N) is 2. The summed E-state index contributed by atoms with van der Waals surface area (Å²) in [5, 5.41) is 10.8. The number of amides is 1. The van der Waals surface area contributed by atoms with Gasteiger partial charge in [0.05, 0.1) is 13.2 Å². The molecule has 0 bridgehead atoms. The quantitative estimate of drug-likeness (QED) is 0.620. The summed E-state index contributed by atoms with van der Waals surface area (Å²) >= 11 is 11.3. The van der Waals surface area contributed by atoms with Gasteiger partial charge in [0.15, 0.2) is 10.6 Å². The van der Waals surface area contributed by atoms with E-state index in [2.05, 4.69) is 34.3 Å². The van der Waals surface area contributed by atoms with Crippen molar-refractivity contribution in [3.05, 3.63) is 34.1 Å². The molecule has 9 heteroatoms. The Kier molecular flexibility index (Phi) is 7.83. The topological polar surface area (TPSA) is 75.2 Å². The number of halogens is 1. The van der Waals surface area contributed by atoms with Gasteiger partial charge < -0.3 is 10.1 Å². The number of rotatable bonds is 8. The summed E-state index contributed by atoms with van der Waals surface area (Å²) in [5.74, 6) is 1.09. The number of aromatic nitrogens is 3. The average molecular weight is 438 g/mol. The first-order valence-electron chi connectivity index (χ1n) is 9.93. The van der Waals surface area contributed by atoms with E-state index in [1.807, 2.05) is 12.1 Å². The van der Waals surface area contributed by atoms with E-state index >= 15 is 0 Å². The van der Waals surface area contributed by atoms with Gasteiger partial charge >= 0.3 is 0 Å². The monoisotopic (exact) mass is 437 g/mol. The van der Waals surface area contributed by atoms with Crippen LogP contribution in [0.1, 0.15) is 20.3 Å². The number of H-pyrrole nitrogens is 1. The lowest BCUT2D eigenvalue weighted by molar-refractivity contribution is -0.122. The Morgan fingerprint density at radius 3 is 2.66 bits per heavy atom. The smallest absolute Gasteiger partial charge is 0.240 e. The molecule has 1 aromatic heterocycles. The van der Waals surface area contributed by atoms with Gasteiger partial charge in [0.1, 0.15) is 6.54 Å². The number of ether oxygens (including phenoxy) is 1. The molecule has 158 valence electrons. The van der Waals surface area contributed by atoms with Crippen LogP contribution in [0, 0.1) is 10.7 Å². The maximum Gasteiger partial charge on any atom is 0.240 e. The minimum Gasteiger partial charge on any atom is -0.379 e. The molecule has 1 saturated heterocycles. The molecule has 0 aliphatic carbocycles. The fourth-order valence-corrected chi connectivity index (χ4v) is 3.89. The first kappa shape index (κ1) is 22.0. The number of carbonyl (C=O) groups excluding carboxylic acids is 1. The molecule has 0 saturated carbocycles. The van der Waals surface area contributed by atoms with Gasteiger partial charge in [-0.1, -0.05) is 25.4 Å². The fourth-order valence-electron chi connectivity index (χ4n) is 3.56. The van der Waals surface area contributed by atoms with Crippen LogP contribution in [-0.2, 0) is 16.1 Å². The van der Waals surface area contributed by atoms with Crippen molar-refractivity contribution in [2.75, 3.05) is 32.8 Å². The minimum absolute atomic E-state index is 0.0836. The number of hydrogen-bond acceptors (Lipinski definition) is 5. The molecule has 1 amide bonds. The van der Waals surface area contributed by atoms with Gasteiger partial charge in [-0.2, -0.15) is 5.10 Å². The molecule has 2 aromatic rings. The highest BCUT2D eigenvalue weighted by Gasteiger charge is 2.22. The number of benzene rings is 1. The summed E-state index contributed by atoms with van der Waals surface area (Å²) in [6.45, 7) is 8.44. The molecule has 3 rings (SSSR count). The summed E-state index contributed by atoms with van der Waals surface area (Å²) in [4.78, 5) is 15.1. The molecule has 1 fully saturated rings. The van der Waals surface area contributed by atoms with Crippen molar-refractivity contribution < 1.29 is 9.53 Å². The van der Waals surface area contributed by atoms with E-state index in [-0.39, 0.29) is 12.5 Å². The maximum absolute atomic E-state index is 12.7. The zero-order valence-electron chi connectivity index (χ0n) is 16.9. The summed E-state index contributed by atoms with van der Waals surface area (Å²) in [7, 11) is 0. The summed E-state index contributed by atoms with van der Waals surface area (Å²) < 4.78 is 7.59. The lowest BCUT2D eigenvalue weighted by atomic mass is 10.0. The van der Waals surface area contributed by atoms with E-state index in [4.69, 9.17) is 28.6 Å². The summed E-state index contributed by atoms with van der Waals surface area (Å²) in [6.07, 6.45) is 1.03. The largest absolute Gasteiger partial charge is 0.379 e. The van der Waals surface area contributed by atoms with Crippen LogP contribution in [0.3, 0.4) is 0 Å². The second-order valence-corrected chi connectivity index (χ2v) is 8.50. The first-order chi connectivity index (χ1) is 13.9. The summed E-state index contributed by atoms with van der Waals surface area (Å²) in [5.41, 5.74) is 0.848. The molecule has 2 heterocycles. The average Bonchev–Trinajstić information content (AvgIpc) is 3.06. The van der Waals surface area contributed by atoms with Crippen LogP contribution in [0.25, 0.3) is 11.4 Å². The second kappa shape index (κ2) is 10.3. The van der Waals surface area contributed by atoms with Crippen molar-refractivity contribution in [2.45, 2.75) is 32.9 Å². The molecule has 1 aliphatic rings. The Labute approximate surface area is 181 Å². The van der Waals surface area contributed by atoms with E-state index in [1.165, 1.54) is 0 Å². The highest BCUT2D eigenvalue weighted by Crippen LogP contribution is 2.20. The lowest BCUT2D eigenvalue weighted by Gasteiger charge is -2.35. The molecule has 1 aliphatic heterocycles. The zero-order chi connectivity index (χ0) is 20.8. The highest BCUT2D eigenvalue weighted by atomic mass is 35.5. The molecule has 1 aromatic carbocycles. The molecule has 0 spiro atoms. The SMILES string of the molecule is CC(C)CC(CNC(=O)Cn1c(-c2ccc(Cl)cc2)n[nH]c1=S)N1CCOCC1. The Bertz CT molecular complexity index is 859. The van der Waals surface area contributed by atoms with Gasteiger partial charge in [-0.25, -0.2) is 0 Å². The summed E-state index contributed by atoms with van der Waals surface area (Å²) in [6, 6.07) is 7.60. The van der Waals surface area contributed by atoms with Crippen LogP contribution < -0.4 is 5.32 Å². The van der Waals surface area contributed by atoms with Crippen LogP contribution in [0.5, 0.6) is 0 Å². The number of nitrogens with zero attached hydrogens (tertiary/aromatic N) is 3. The third-order valence-corrected chi connectivity index (χ3v) is 5.57. The van der Waals surface area contributed by atoms with Gasteiger partial charge in [-0.3, -0.25) is 19.4 Å². The predicted molar refractivity (Wildman–Crippen MR) is 117 cm³/mol. The van der Waals surface area contributed by atoms with Crippen molar-refractivity contribution in [3.63, 3.8) is 0 Å². The van der Waals surface area contributed by atoms with Crippen LogP contribution in [0.2, 0.25) is 5.02 Å². The normalized spacial score (nSPS) is 16.1. The van der Waals surface area contributed by atoms with E-state index < -0.39 is 0 Å². The van der Waals surface area contributed by atoms with Gasteiger partial charge in [0.2, 0.25) is 5.91 Å². The van der Waals surface area contributed by atoms with Gasteiger partial charge in [0, 0.05) is 36.3 Å². The van der Waals surface area contributed by atoms with Crippen LogP contribution in [0.15, 0.2) is 24.3 Å². The van der Waals surface area contributed by atoms with Crippen molar-refractivity contribution in [1.82, 2.24) is 25.0 Å².